The Kier molecular flexibility index (Phi) is 4.00. The van der Waals surface area contributed by atoms with Gasteiger partial charge >= 0.3 is 0 Å². The normalized spacial score (nSPS) is 33.3. The second-order valence-corrected chi connectivity index (χ2v) is 5.95. The number of benzene rings is 1. The van der Waals surface area contributed by atoms with Gasteiger partial charge in [-0.05, 0) is 36.8 Å². The summed E-state index contributed by atoms with van der Waals surface area (Å²) in [5.74, 6) is 1.62. The number of hydrogen-bond acceptors (Lipinski definition) is 2. The van der Waals surface area contributed by atoms with E-state index in [0.717, 1.165) is 31.0 Å². The van der Waals surface area contributed by atoms with Crippen molar-refractivity contribution in [2.45, 2.75) is 25.4 Å². The molecule has 0 aliphatic carbocycles. The quantitative estimate of drug-likeness (QED) is 0.815. The minimum Gasteiger partial charge on any atom is -0.311 e. The van der Waals surface area contributed by atoms with Gasteiger partial charge in [-0.25, -0.2) is 0 Å². The van der Waals surface area contributed by atoms with Crippen molar-refractivity contribution in [2.24, 2.45) is 11.8 Å². The van der Waals surface area contributed by atoms with Crippen LogP contribution < -0.4 is 5.32 Å². The molecular formula is C17H24N2. The molecule has 19 heavy (non-hydrogen) atoms. The molecular weight excluding hydrogens is 232 g/mol. The van der Waals surface area contributed by atoms with Crippen LogP contribution in [-0.4, -0.2) is 30.6 Å². The van der Waals surface area contributed by atoms with Gasteiger partial charge < -0.3 is 5.32 Å². The Morgan fingerprint density at radius 1 is 1.32 bits per heavy atom. The summed E-state index contributed by atoms with van der Waals surface area (Å²) in [6, 6.07) is 11.4. The van der Waals surface area contributed by atoms with E-state index in [-0.39, 0.29) is 0 Å². The number of nitrogens with zero attached hydrogens (tertiary/aromatic N) is 1. The summed E-state index contributed by atoms with van der Waals surface area (Å²) in [5, 5.41) is 3.62. The first-order valence-electron chi connectivity index (χ1n) is 7.48. The summed E-state index contributed by atoms with van der Waals surface area (Å²) in [7, 11) is 0. The Bertz CT molecular complexity index is 415. The predicted molar refractivity (Wildman–Crippen MR) is 79.9 cm³/mol. The smallest absolute Gasteiger partial charge is 0.0223 e. The molecule has 3 aliphatic heterocycles. The monoisotopic (exact) mass is 256 g/mol. The van der Waals surface area contributed by atoms with Gasteiger partial charge in [0.15, 0.2) is 0 Å². The van der Waals surface area contributed by atoms with E-state index >= 15 is 0 Å². The second-order valence-electron chi connectivity index (χ2n) is 5.95. The minimum atomic E-state index is 0.735. The van der Waals surface area contributed by atoms with Crippen LogP contribution in [0.15, 0.2) is 43.0 Å². The summed E-state index contributed by atoms with van der Waals surface area (Å²) in [6.45, 7) is 8.61. The van der Waals surface area contributed by atoms with E-state index in [1.165, 1.54) is 31.5 Å². The van der Waals surface area contributed by atoms with Gasteiger partial charge in [-0.1, -0.05) is 36.4 Å². The summed E-state index contributed by atoms with van der Waals surface area (Å²) in [4.78, 5) is 2.66. The molecule has 0 saturated carbocycles. The third-order valence-electron chi connectivity index (χ3n) is 4.78. The van der Waals surface area contributed by atoms with E-state index in [1.807, 2.05) is 0 Å². The van der Waals surface area contributed by atoms with Crippen LogP contribution in [0.1, 0.15) is 18.4 Å². The highest BCUT2D eigenvalue weighted by molar-refractivity contribution is 5.14. The highest BCUT2D eigenvalue weighted by Gasteiger charge is 2.38. The first-order chi connectivity index (χ1) is 9.36. The first-order valence-corrected chi connectivity index (χ1v) is 7.48. The van der Waals surface area contributed by atoms with Gasteiger partial charge in [-0.3, -0.25) is 4.90 Å². The summed E-state index contributed by atoms with van der Waals surface area (Å²) >= 11 is 0. The zero-order valence-electron chi connectivity index (χ0n) is 11.6. The summed E-state index contributed by atoms with van der Waals surface area (Å²) < 4.78 is 0. The van der Waals surface area contributed by atoms with Crippen LogP contribution in [0.25, 0.3) is 0 Å². The van der Waals surface area contributed by atoms with Gasteiger partial charge in [0.25, 0.3) is 0 Å². The fourth-order valence-corrected chi connectivity index (χ4v) is 3.64. The lowest BCUT2D eigenvalue weighted by atomic mass is 9.75. The SMILES string of the molecule is C=C[C@@H]1CN2CC[C@H]1C[C@@H]2CNCc1ccccc1. The molecule has 1 aromatic carbocycles. The van der Waals surface area contributed by atoms with Crippen molar-refractivity contribution in [1.29, 1.82) is 0 Å². The molecule has 2 bridgehead atoms. The number of rotatable bonds is 5. The Balaban J connectivity index is 1.48. The minimum absolute atomic E-state index is 0.735. The molecule has 2 nitrogen and oxygen atoms in total. The molecule has 3 saturated heterocycles. The van der Waals surface area contributed by atoms with Crippen LogP contribution in [-0.2, 0) is 6.54 Å². The van der Waals surface area contributed by atoms with Gasteiger partial charge in [0.05, 0.1) is 0 Å². The molecule has 3 aliphatic rings. The Morgan fingerprint density at radius 2 is 2.16 bits per heavy atom. The van der Waals surface area contributed by atoms with Crippen molar-refractivity contribution in [3.63, 3.8) is 0 Å². The van der Waals surface area contributed by atoms with E-state index in [0.29, 0.717) is 0 Å². The third-order valence-corrected chi connectivity index (χ3v) is 4.78. The fraction of sp³-hybridized carbons (Fsp3) is 0.529. The van der Waals surface area contributed by atoms with Crippen molar-refractivity contribution in [2.75, 3.05) is 19.6 Å². The molecule has 1 N–H and O–H groups in total. The molecule has 0 aromatic heterocycles. The van der Waals surface area contributed by atoms with Crippen molar-refractivity contribution >= 4 is 0 Å². The van der Waals surface area contributed by atoms with Crippen molar-refractivity contribution in [3.05, 3.63) is 48.6 Å². The number of hydrogen-bond donors (Lipinski definition) is 1. The van der Waals surface area contributed by atoms with Gasteiger partial charge in [0.2, 0.25) is 0 Å². The summed E-state index contributed by atoms with van der Waals surface area (Å²) in [6.07, 6.45) is 4.88. The van der Waals surface area contributed by atoms with E-state index in [1.54, 1.807) is 0 Å². The first kappa shape index (κ1) is 12.9. The summed E-state index contributed by atoms with van der Waals surface area (Å²) in [5.41, 5.74) is 1.38. The van der Waals surface area contributed by atoms with E-state index in [4.69, 9.17) is 0 Å². The lowest BCUT2D eigenvalue weighted by molar-refractivity contribution is 0.0195. The van der Waals surface area contributed by atoms with Crippen molar-refractivity contribution in [1.82, 2.24) is 10.2 Å². The Hall–Kier alpha value is -1.12. The van der Waals surface area contributed by atoms with E-state index in [9.17, 15) is 0 Å². The Labute approximate surface area is 116 Å². The maximum absolute atomic E-state index is 3.99. The molecule has 4 atom stereocenters. The highest BCUT2D eigenvalue weighted by Crippen LogP contribution is 2.36. The largest absolute Gasteiger partial charge is 0.311 e. The van der Waals surface area contributed by atoms with Crippen molar-refractivity contribution in [3.8, 4) is 0 Å². The van der Waals surface area contributed by atoms with Crippen LogP contribution in [0.3, 0.4) is 0 Å². The van der Waals surface area contributed by atoms with Crippen LogP contribution >= 0.6 is 0 Å². The lowest BCUT2D eigenvalue weighted by Crippen LogP contribution is -2.55. The molecule has 3 fully saturated rings. The maximum Gasteiger partial charge on any atom is 0.0223 e. The van der Waals surface area contributed by atoms with Gasteiger partial charge in [-0.15, -0.1) is 6.58 Å². The average Bonchev–Trinajstić information content (AvgIpc) is 2.49. The van der Waals surface area contributed by atoms with Gasteiger partial charge in [0.1, 0.15) is 0 Å². The number of piperidine rings is 3. The molecule has 0 spiro atoms. The van der Waals surface area contributed by atoms with Crippen LogP contribution in [0.4, 0.5) is 0 Å². The number of fused-ring (bicyclic) bond motifs is 3. The standard InChI is InChI=1S/C17H24N2/c1-2-15-13-19-9-8-16(15)10-17(19)12-18-11-14-6-4-3-5-7-14/h2-7,15-18H,1,8-13H2/t15-,16+,17-/m1/s1. The fourth-order valence-electron chi connectivity index (χ4n) is 3.64. The predicted octanol–water partition coefficient (Wildman–Crippen LogP) is 2.67. The van der Waals surface area contributed by atoms with E-state index in [2.05, 4.69) is 53.2 Å². The second kappa shape index (κ2) is 5.89. The topological polar surface area (TPSA) is 15.3 Å². The molecule has 4 rings (SSSR count). The average molecular weight is 256 g/mol. The molecule has 1 aromatic rings. The van der Waals surface area contributed by atoms with Crippen LogP contribution in [0, 0.1) is 11.8 Å². The third kappa shape index (κ3) is 2.90. The molecule has 3 heterocycles. The highest BCUT2D eigenvalue weighted by atomic mass is 15.2. The lowest BCUT2D eigenvalue weighted by Gasteiger charge is -2.49. The number of nitrogens with one attached hydrogen (secondary N) is 1. The van der Waals surface area contributed by atoms with Crippen LogP contribution in [0.2, 0.25) is 0 Å². The molecule has 1 unspecified atom stereocenters. The van der Waals surface area contributed by atoms with E-state index < -0.39 is 0 Å². The molecule has 0 amide bonds. The van der Waals surface area contributed by atoms with Crippen molar-refractivity contribution < 1.29 is 0 Å². The molecule has 2 heteroatoms. The van der Waals surface area contributed by atoms with Gasteiger partial charge in [0, 0.05) is 25.7 Å². The Morgan fingerprint density at radius 3 is 2.84 bits per heavy atom. The van der Waals surface area contributed by atoms with Crippen LogP contribution in [0.5, 0.6) is 0 Å². The molecule has 0 radical (unpaired) electrons. The molecule has 102 valence electrons. The zero-order valence-corrected chi connectivity index (χ0v) is 11.6. The van der Waals surface area contributed by atoms with Gasteiger partial charge in [-0.2, -0.15) is 0 Å². The zero-order chi connectivity index (χ0) is 13.1. The maximum atomic E-state index is 3.99.